The summed E-state index contributed by atoms with van der Waals surface area (Å²) >= 11 is 38.3. The fraction of sp³-hybridized carbons (Fsp3) is 0.538. The van der Waals surface area contributed by atoms with Crippen LogP contribution in [-0.4, -0.2) is 39.2 Å². The zero-order valence-electron chi connectivity index (χ0n) is 11.8. The van der Waals surface area contributed by atoms with Gasteiger partial charge in [0, 0.05) is 25.0 Å². The van der Waals surface area contributed by atoms with Gasteiger partial charge in [-0.25, -0.2) is 0 Å². The average molecular weight is 443 g/mol. The summed E-state index contributed by atoms with van der Waals surface area (Å²) in [5, 5.41) is -0.121. The van der Waals surface area contributed by atoms with Gasteiger partial charge in [-0.15, -0.1) is 23.2 Å². The Labute approximate surface area is 162 Å². The van der Waals surface area contributed by atoms with Crippen LogP contribution in [0.1, 0.15) is 13.8 Å². The number of allylic oxidation sites excluding steroid dienone is 2. The highest BCUT2D eigenvalue weighted by Gasteiger charge is 2.78. The van der Waals surface area contributed by atoms with Crippen molar-refractivity contribution in [1.82, 2.24) is 0 Å². The zero-order chi connectivity index (χ0) is 17.8. The topological polar surface area (TPSA) is 52.6 Å². The van der Waals surface area contributed by atoms with E-state index in [0.29, 0.717) is 0 Å². The lowest BCUT2D eigenvalue weighted by atomic mass is 9.96. The predicted molar refractivity (Wildman–Crippen MR) is 90.6 cm³/mol. The van der Waals surface area contributed by atoms with Crippen molar-refractivity contribution in [2.45, 2.75) is 27.9 Å². The molecule has 0 saturated heterocycles. The van der Waals surface area contributed by atoms with Gasteiger partial charge in [0.25, 0.3) is 0 Å². The second kappa shape index (κ2) is 6.15. The van der Waals surface area contributed by atoms with Crippen molar-refractivity contribution in [3.8, 4) is 0 Å². The number of carbonyl (C=O) groups excluding carboxylic acids is 2. The second-order valence-electron chi connectivity index (χ2n) is 5.04. The largest absolute Gasteiger partial charge is 0.461 e. The van der Waals surface area contributed by atoms with Crippen LogP contribution in [0.3, 0.4) is 0 Å². The molecule has 0 aromatic heterocycles. The summed E-state index contributed by atoms with van der Waals surface area (Å²) in [6.07, 6.45) is 0. The number of carbonyl (C=O) groups is 2. The maximum Gasteiger partial charge on any atom is 0.302 e. The Morgan fingerprint density at radius 3 is 1.39 bits per heavy atom. The third-order valence-electron chi connectivity index (χ3n) is 3.70. The van der Waals surface area contributed by atoms with Crippen LogP contribution in [0.5, 0.6) is 0 Å². The first-order valence-electron chi connectivity index (χ1n) is 6.23. The Morgan fingerprint density at radius 2 is 1.13 bits per heavy atom. The Balaban J connectivity index is 2.59. The third kappa shape index (κ3) is 2.49. The van der Waals surface area contributed by atoms with Crippen LogP contribution in [0.4, 0.5) is 0 Å². The molecule has 0 fully saturated rings. The predicted octanol–water partition coefficient (Wildman–Crippen LogP) is 4.25. The first-order chi connectivity index (χ1) is 10.4. The van der Waals surface area contributed by atoms with Gasteiger partial charge in [0.2, 0.25) is 0 Å². The highest BCUT2D eigenvalue weighted by atomic mass is 35.5. The number of ether oxygens (including phenoxy) is 2. The molecule has 10 heteroatoms. The molecule has 0 aromatic carbocycles. The van der Waals surface area contributed by atoms with Crippen molar-refractivity contribution in [2.24, 2.45) is 0 Å². The molecule has 2 aliphatic carbocycles. The maximum atomic E-state index is 11.1. The molecule has 2 aliphatic rings. The van der Waals surface area contributed by atoms with Crippen LogP contribution in [-0.2, 0) is 19.1 Å². The monoisotopic (exact) mass is 440 g/mol. The van der Waals surface area contributed by atoms with E-state index in [9.17, 15) is 9.59 Å². The average Bonchev–Trinajstić information content (AvgIpc) is 2.63. The van der Waals surface area contributed by atoms with Gasteiger partial charge in [-0.05, 0) is 0 Å². The molecule has 0 aromatic rings. The molecule has 0 radical (unpaired) electrons. The van der Waals surface area contributed by atoms with Crippen molar-refractivity contribution >= 4 is 81.5 Å². The van der Waals surface area contributed by atoms with Crippen molar-refractivity contribution in [2.75, 3.05) is 13.2 Å². The van der Waals surface area contributed by atoms with E-state index in [1.165, 1.54) is 13.8 Å². The van der Waals surface area contributed by atoms with Gasteiger partial charge >= 0.3 is 11.9 Å². The molecule has 0 heterocycles. The van der Waals surface area contributed by atoms with Crippen LogP contribution in [0.25, 0.3) is 0 Å². The van der Waals surface area contributed by atoms with Crippen molar-refractivity contribution in [1.29, 1.82) is 0 Å². The summed E-state index contributed by atoms with van der Waals surface area (Å²) in [6, 6.07) is 0. The van der Waals surface area contributed by atoms with E-state index in [1.807, 2.05) is 0 Å². The van der Waals surface area contributed by atoms with Crippen LogP contribution >= 0.6 is 69.6 Å². The van der Waals surface area contributed by atoms with Crippen LogP contribution < -0.4 is 0 Å². The van der Waals surface area contributed by atoms with E-state index in [2.05, 4.69) is 0 Å². The summed E-state index contributed by atoms with van der Waals surface area (Å²) in [4.78, 5) is 18.9. The minimum atomic E-state index is -1.86. The molecule has 2 unspecified atom stereocenters. The molecule has 128 valence electrons. The van der Waals surface area contributed by atoms with Gasteiger partial charge in [0.15, 0.2) is 4.33 Å². The minimum Gasteiger partial charge on any atom is -0.461 e. The standard InChI is InChI=1S/C13H10Cl6O4/c1-5(20)22-3-7-8(4-23-6(2)21)12(17)10(15)9(14)11(7,16)13(12,18)19/h3-4H2,1-2H3. The molecule has 23 heavy (non-hydrogen) atoms. The lowest BCUT2D eigenvalue weighted by Gasteiger charge is -2.33. The van der Waals surface area contributed by atoms with Crippen LogP contribution in [0, 0.1) is 0 Å². The van der Waals surface area contributed by atoms with Gasteiger partial charge in [0.1, 0.15) is 23.0 Å². The normalized spacial score (nSPS) is 31.7. The summed E-state index contributed by atoms with van der Waals surface area (Å²) in [5.74, 6) is -1.12. The number of hydrogen-bond donors (Lipinski definition) is 0. The van der Waals surface area contributed by atoms with Crippen molar-refractivity contribution in [3.63, 3.8) is 0 Å². The minimum absolute atomic E-state index is 0.0606. The number of alkyl halides is 4. The highest BCUT2D eigenvalue weighted by Crippen LogP contribution is 2.74. The lowest BCUT2D eigenvalue weighted by Crippen LogP contribution is -2.46. The number of hydrogen-bond acceptors (Lipinski definition) is 4. The SMILES string of the molecule is CC(=O)OCC1=C(COC(C)=O)C2(Cl)C(Cl)=C(Cl)C1(Cl)C2(Cl)Cl. The number of fused-ring (bicyclic) bond motifs is 2. The van der Waals surface area contributed by atoms with Crippen molar-refractivity contribution in [3.05, 3.63) is 21.2 Å². The number of esters is 2. The van der Waals surface area contributed by atoms with Gasteiger partial charge in [-0.2, -0.15) is 0 Å². The smallest absolute Gasteiger partial charge is 0.302 e. The first-order valence-corrected chi connectivity index (χ1v) is 8.50. The summed E-state index contributed by atoms with van der Waals surface area (Å²) in [7, 11) is 0. The van der Waals surface area contributed by atoms with Gasteiger partial charge < -0.3 is 9.47 Å². The molecule has 2 bridgehead atoms. The van der Waals surface area contributed by atoms with Crippen LogP contribution in [0.2, 0.25) is 0 Å². The van der Waals surface area contributed by atoms with E-state index < -0.39 is 26.0 Å². The Hall–Kier alpha value is 0.160. The second-order valence-corrected chi connectivity index (χ2v) is 8.25. The molecule has 0 spiro atoms. The Kier molecular flexibility index (Phi) is 5.21. The molecule has 0 amide bonds. The van der Waals surface area contributed by atoms with Gasteiger partial charge in [0.05, 0.1) is 10.1 Å². The number of halogens is 6. The Bertz CT molecular complexity index is 603. The van der Waals surface area contributed by atoms with E-state index in [1.54, 1.807) is 0 Å². The van der Waals surface area contributed by atoms with Gasteiger partial charge in [-0.1, -0.05) is 46.4 Å². The molecule has 4 nitrogen and oxygen atoms in total. The molecular formula is C13H10Cl6O4. The summed E-state index contributed by atoms with van der Waals surface area (Å²) in [6.45, 7) is 1.89. The molecule has 2 rings (SSSR count). The molecule has 0 saturated carbocycles. The third-order valence-corrected chi connectivity index (χ3v) is 7.86. The van der Waals surface area contributed by atoms with E-state index in [-0.39, 0.29) is 34.4 Å². The molecular weight excluding hydrogens is 433 g/mol. The highest BCUT2D eigenvalue weighted by molar-refractivity contribution is 6.67. The summed E-state index contributed by atoms with van der Waals surface area (Å²) in [5.41, 5.74) is 0.482. The molecule has 0 aliphatic heterocycles. The van der Waals surface area contributed by atoms with E-state index in [0.717, 1.165) is 0 Å². The Morgan fingerprint density at radius 1 is 0.826 bits per heavy atom. The van der Waals surface area contributed by atoms with Crippen LogP contribution in [0.15, 0.2) is 21.2 Å². The van der Waals surface area contributed by atoms with E-state index >= 15 is 0 Å². The lowest BCUT2D eigenvalue weighted by molar-refractivity contribution is -0.141. The summed E-state index contributed by atoms with van der Waals surface area (Å²) < 4.78 is 8.10. The molecule has 0 N–H and O–H groups in total. The quantitative estimate of drug-likeness (QED) is 0.371. The van der Waals surface area contributed by atoms with Crippen molar-refractivity contribution < 1.29 is 19.1 Å². The molecule has 2 atom stereocenters. The zero-order valence-corrected chi connectivity index (χ0v) is 16.4. The van der Waals surface area contributed by atoms with Gasteiger partial charge in [-0.3, -0.25) is 9.59 Å². The first kappa shape index (κ1) is 19.5. The number of rotatable bonds is 4. The fourth-order valence-corrected chi connectivity index (χ4v) is 5.37. The fourth-order valence-electron chi connectivity index (χ4n) is 2.60. The maximum absolute atomic E-state index is 11.1. The van der Waals surface area contributed by atoms with E-state index in [4.69, 9.17) is 79.1 Å².